The molecule has 116 valence electrons. The van der Waals surface area contributed by atoms with Gasteiger partial charge in [0.05, 0.1) is 6.54 Å². The van der Waals surface area contributed by atoms with E-state index in [0.29, 0.717) is 18.3 Å². The van der Waals surface area contributed by atoms with Crippen LogP contribution in [0.4, 0.5) is 11.4 Å². The number of piperidine rings is 1. The summed E-state index contributed by atoms with van der Waals surface area (Å²) < 4.78 is 0. The molecule has 1 heterocycles. The zero-order valence-corrected chi connectivity index (χ0v) is 12.7. The van der Waals surface area contributed by atoms with Gasteiger partial charge in [0.1, 0.15) is 0 Å². The summed E-state index contributed by atoms with van der Waals surface area (Å²) in [6, 6.07) is 7.64. The summed E-state index contributed by atoms with van der Waals surface area (Å²) >= 11 is 0. The van der Waals surface area contributed by atoms with Crippen LogP contribution in [-0.4, -0.2) is 48.7 Å². The van der Waals surface area contributed by atoms with Crippen LogP contribution in [0.2, 0.25) is 0 Å². The highest BCUT2D eigenvalue weighted by Crippen LogP contribution is 2.20. The Labute approximate surface area is 126 Å². The van der Waals surface area contributed by atoms with Crippen LogP contribution in [0.5, 0.6) is 0 Å². The van der Waals surface area contributed by atoms with E-state index in [4.69, 9.17) is 10.8 Å². The van der Waals surface area contributed by atoms with Crippen LogP contribution >= 0.6 is 0 Å². The molecular weight excluding hydrogens is 266 g/mol. The van der Waals surface area contributed by atoms with Crippen LogP contribution in [0.25, 0.3) is 0 Å². The number of likely N-dealkylation sites (tertiary alicyclic amines) is 1. The van der Waals surface area contributed by atoms with Gasteiger partial charge in [-0.15, -0.1) is 0 Å². The summed E-state index contributed by atoms with van der Waals surface area (Å²) in [5.41, 5.74) is 7.21. The highest BCUT2D eigenvalue weighted by atomic mass is 16.3. The zero-order chi connectivity index (χ0) is 15.2. The number of nitrogens with zero attached hydrogens (tertiary/aromatic N) is 2. The van der Waals surface area contributed by atoms with Crippen molar-refractivity contribution >= 4 is 17.3 Å². The number of amides is 1. The van der Waals surface area contributed by atoms with E-state index in [1.54, 1.807) is 24.1 Å². The number of aliphatic hydroxyl groups is 1. The van der Waals surface area contributed by atoms with Crippen molar-refractivity contribution < 1.29 is 9.90 Å². The van der Waals surface area contributed by atoms with E-state index < -0.39 is 0 Å². The molecule has 3 N–H and O–H groups in total. The smallest absolute Gasteiger partial charge is 0.240 e. The molecule has 2 rings (SSSR count). The molecule has 0 radical (unpaired) electrons. The molecule has 1 atom stereocenters. The molecule has 1 saturated heterocycles. The van der Waals surface area contributed by atoms with E-state index in [-0.39, 0.29) is 12.5 Å². The van der Waals surface area contributed by atoms with Gasteiger partial charge in [0.2, 0.25) is 5.91 Å². The monoisotopic (exact) mass is 291 g/mol. The number of nitrogen functional groups attached to an aromatic ring is 1. The Kier molecular flexibility index (Phi) is 5.59. The quantitative estimate of drug-likeness (QED) is 0.806. The fourth-order valence-corrected chi connectivity index (χ4v) is 2.87. The van der Waals surface area contributed by atoms with E-state index in [0.717, 1.165) is 31.5 Å². The molecular formula is C16H25N3O2. The van der Waals surface area contributed by atoms with Gasteiger partial charge in [0.25, 0.3) is 0 Å². The van der Waals surface area contributed by atoms with Crippen molar-refractivity contribution in [2.75, 3.05) is 37.4 Å². The maximum atomic E-state index is 12.4. The fraction of sp³-hybridized carbons (Fsp3) is 0.562. The molecule has 1 aromatic rings. The summed E-state index contributed by atoms with van der Waals surface area (Å²) in [4.78, 5) is 16.3. The Bertz CT molecular complexity index is 459. The van der Waals surface area contributed by atoms with Gasteiger partial charge in [0, 0.05) is 31.1 Å². The molecule has 1 fully saturated rings. The summed E-state index contributed by atoms with van der Waals surface area (Å²) in [6.45, 7) is 1.53. The SMILES string of the molecule is CN(C(=O)CN1CCCCC1CCO)c1ccc(N)cc1. The van der Waals surface area contributed by atoms with Crippen molar-refractivity contribution in [3.05, 3.63) is 24.3 Å². The molecule has 5 heteroatoms. The van der Waals surface area contributed by atoms with Crippen LogP contribution in [-0.2, 0) is 4.79 Å². The van der Waals surface area contributed by atoms with Crippen molar-refractivity contribution in [2.24, 2.45) is 0 Å². The molecule has 5 nitrogen and oxygen atoms in total. The molecule has 0 saturated carbocycles. The molecule has 21 heavy (non-hydrogen) atoms. The van der Waals surface area contributed by atoms with Crippen molar-refractivity contribution in [1.29, 1.82) is 0 Å². The third-order valence-electron chi connectivity index (χ3n) is 4.20. The number of anilines is 2. The molecule has 0 bridgehead atoms. The van der Waals surface area contributed by atoms with Gasteiger partial charge >= 0.3 is 0 Å². The molecule has 1 aromatic carbocycles. The third-order valence-corrected chi connectivity index (χ3v) is 4.20. The Balaban J connectivity index is 1.97. The second-order valence-electron chi connectivity index (χ2n) is 5.68. The average Bonchev–Trinajstić information content (AvgIpc) is 2.49. The Morgan fingerprint density at radius 1 is 1.38 bits per heavy atom. The summed E-state index contributed by atoms with van der Waals surface area (Å²) in [5, 5.41) is 9.15. The average molecular weight is 291 g/mol. The van der Waals surface area contributed by atoms with Gasteiger partial charge in [-0.1, -0.05) is 6.42 Å². The van der Waals surface area contributed by atoms with E-state index in [9.17, 15) is 4.79 Å². The number of aliphatic hydroxyl groups excluding tert-OH is 1. The molecule has 0 aliphatic carbocycles. The third kappa shape index (κ3) is 4.19. The number of carbonyl (C=O) groups excluding carboxylic acids is 1. The van der Waals surface area contributed by atoms with Crippen molar-refractivity contribution in [2.45, 2.75) is 31.7 Å². The lowest BCUT2D eigenvalue weighted by Gasteiger charge is -2.35. The lowest BCUT2D eigenvalue weighted by atomic mass is 9.99. The van der Waals surface area contributed by atoms with Crippen LogP contribution in [0.3, 0.4) is 0 Å². The first-order valence-electron chi connectivity index (χ1n) is 7.59. The Morgan fingerprint density at radius 2 is 2.10 bits per heavy atom. The number of benzene rings is 1. The normalized spacial score (nSPS) is 19.4. The first-order valence-corrected chi connectivity index (χ1v) is 7.59. The minimum absolute atomic E-state index is 0.0737. The summed E-state index contributed by atoms with van der Waals surface area (Å²) in [5.74, 6) is 0.0737. The van der Waals surface area contributed by atoms with Gasteiger partial charge < -0.3 is 15.7 Å². The lowest BCUT2D eigenvalue weighted by molar-refractivity contribution is -0.120. The van der Waals surface area contributed by atoms with E-state index in [1.165, 1.54) is 6.42 Å². The second-order valence-corrected chi connectivity index (χ2v) is 5.68. The highest BCUT2D eigenvalue weighted by Gasteiger charge is 2.25. The molecule has 1 aliphatic rings. The van der Waals surface area contributed by atoms with E-state index in [1.807, 2.05) is 12.1 Å². The van der Waals surface area contributed by atoms with Crippen molar-refractivity contribution in [3.8, 4) is 0 Å². The number of carbonyl (C=O) groups is 1. The number of rotatable bonds is 5. The standard InChI is InChI=1S/C16H25N3O2/c1-18(14-7-5-13(17)6-8-14)16(21)12-19-10-3-2-4-15(19)9-11-20/h5-8,15,20H,2-4,9-12,17H2,1H3. The number of hydrogen-bond acceptors (Lipinski definition) is 4. The number of likely N-dealkylation sites (N-methyl/N-ethyl adjacent to an activating group) is 1. The van der Waals surface area contributed by atoms with Gasteiger partial charge in [-0.3, -0.25) is 9.69 Å². The van der Waals surface area contributed by atoms with Gasteiger partial charge in [-0.25, -0.2) is 0 Å². The van der Waals surface area contributed by atoms with Gasteiger partial charge in [-0.05, 0) is 50.1 Å². The first kappa shape index (κ1) is 15.8. The van der Waals surface area contributed by atoms with Crippen LogP contribution in [0, 0.1) is 0 Å². The second kappa shape index (κ2) is 7.43. The molecule has 1 amide bonds. The van der Waals surface area contributed by atoms with E-state index in [2.05, 4.69) is 4.90 Å². The van der Waals surface area contributed by atoms with Gasteiger partial charge in [0.15, 0.2) is 0 Å². The highest BCUT2D eigenvalue weighted by molar-refractivity contribution is 5.94. The molecule has 0 spiro atoms. The maximum Gasteiger partial charge on any atom is 0.240 e. The minimum Gasteiger partial charge on any atom is -0.399 e. The molecule has 1 unspecified atom stereocenters. The zero-order valence-electron chi connectivity index (χ0n) is 12.7. The number of hydrogen-bond donors (Lipinski definition) is 2. The predicted molar refractivity (Wildman–Crippen MR) is 85.2 cm³/mol. The fourth-order valence-electron chi connectivity index (χ4n) is 2.87. The maximum absolute atomic E-state index is 12.4. The molecule has 0 aromatic heterocycles. The minimum atomic E-state index is 0.0737. The topological polar surface area (TPSA) is 69.8 Å². The Hall–Kier alpha value is -1.59. The summed E-state index contributed by atoms with van der Waals surface area (Å²) in [6.07, 6.45) is 4.13. The van der Waals surface area contributed by atoms with Gasteiger partial charge in [-0.2, -0.15) is 0 Å². The lowest BCUT2D eigenvalue weighted by Crippen LogP contribution is -2.46. The van der Waals surface area contributed by atoms with Crippen LogP contribution in [0.1, 0.15) is 25.7 Å². The number of nitrogens with two attached hydrogens (primary N) is 1. The summed E-state index contributed by atoms with van der Waals surface area (Å²) in [7, 11) is 1.79. The first-order chi connectivity index (χ1) is 10.1. The van der Waals surface area contributed by atoms with Crippen LogP contribution < -0.4 is 10.6 Å². The van der Waals surface area contributed by atoms with Crippen molar-refractivity contribution in [1.82, 2.24) is 4.90 Å². The Morgan fingerprint density at radius 3 is 2.76 bits per heavy atom. The predicted octanol–water partition coefficient (Wildman–Crippen LogP) is 1.47. The van der Waals surface area contributed by atoms with Crippen molar-refractivity contribution in [3.63, 3.8) is 0 Å². The molecule has 1 aliphatic heterocycles. The van der Waals surface area contributed by atoms with Crippen LogP contribution in [0.15, 0.2) is 24.3 Å². The van der Waals surface area contributed by atoms with E-state index >= 15 is 0 Å². The largest absolute Gasteiger partial charge is 0.399 e.